The summed E-state index contributed by atoms with van der Waals surface area (Å²) in [5, 5.41) is 6.76. The van der Waals surface area contributed by atoms with E-state index in [1.807, 2.05) is 18.2 Å². The van der Waals surface area contributed by atoms with Gasteiger partial charge in [-0.05, 0) is 54.7 Å². The van der Waals surface area contributed by atoms with E-state index in [2.05, 4.69) is 21.5 Å². The Balaban J connectivity index is 1.65. The number of hydrogen-bond acceptors (Lipinski definition) is 5. The summed E-state index contributed by atoms with van der Waals surface area (Å²) in [5.74, 6) is -0.373. The molecule has 24 heavy (non-hydrogen) atoms. The van der Waals surface area contributed by atoms with Gasteiger partial charge in [-0.15, -0.1) is 0 Å². The van der Waals surface area contributed by atoms with Crippen LogP contribution in [-0.4, -0.2) is 16.0 Å². The van der Waals surface area contributed by atoms with Crippen molar-refractivity contribution >= 4 is 17.5 Å². The lowest BCUT2D eigenvalue weighted by atomic mass is 10.1. The van der Waals surface area contributed by atoms with E-state index in [1.165, 1.54) is 11.1 Å². The van der Waals surface area contributed by atoms with Crippen LogP contribution in [0.25, 0.3) is 11.4 Å². The molecular formula is C18H16N4O2. The molecule has 0 radical (unpaired) electrons. The van der Waals surface area contributed by atoms with Crippen molar-refractivity contribution in [3.8, 4) is 11.4 Å². The van der Waals surface area contributed by atoms with Crippen LogP contribution in [0.1, 0.15) is 27.9 Å². The van der Waals surface area contributed by atoms with Crippen LogP contribution >= 0.6 is 0 Å². The van der Waals surface area contributed by atoms with Crippen molar-refractivity contribution in [3.63, 3.8) is 0 Å². The highest BCUT2D eigenvalue weighted by Crippen LogP contribution is 2.28. The summed E-state index contributed by atoms with van der Waals surface area (Å²) in [6.45, 7) is 0. The molecule has 2 aromatic heterocycles. The quantitative estimate of drug-likeness (QED) is 0.773. The maximum Gasteiger partial charge on any atom is 0.263 e. The predicted octanol–water partition coefficient (Wildman–Crippen LogP) is 3.06. The number of nitrogens with two attached hydrogens (primary N) is 1. The summed E-state index contributed by atoms with van der Waals surface area (Å²) in [7, 11) is 0. The monoisotopic (exact) mass is 320 g/mol. The number of rotatable bonds is 3. The maximum absolute atomic E-state index is 12.7. The number of benzene rings is 1. The molecule has 0 aliphatic heterocycles. The second kappa shape index (κ2) is 5.81. The number of nitrogens with one attached hydrogen (secondary N) is 1. The predicted molar refractivity (Wildman–Crippen MR) is 90.6 cm³/mol. The number of aryl methyl sites for hydroxylation is 2. The Labute approximate surface area is 138 Å². The summed E-state index contributed by atoms with van der Waals surface area (Å²) in [6, 6.07) is 11.3. The summed E-state index contributed by atoms with van der Waals surface area (Å²) in [5.41, 5.74) is 10.3. The third-order valence-electron chi connectivity index (χ3n) is 4.21. The number of anilines is 2. The van der Waals surface area contributed by atoms with Crippen molar-refractivity contribution in [2.45, 2.75) is 19.3 Å². The molecule has 0 bridgehead atoms. The Morgan fingerprint density at radius 3 is 2.88 bits per heavy atom. The Bertz CT molecular complexity index is 903. The summed E-state index contributed by atoms with van der Waals surface area (Å²) < 4.78 is 5.01. The van der Waals surface area contributed by atoms with Gasteiger partial charge in [0, 0.05) is 11.9 Å². The Kier molecular flexibility index (Phi) is 3.49. The molecule has 0 saturated heterocycles. The Morgan fingerprint density at radius 2 is 2.04 bits per heavy atom. The van der Waals surface area contributed by atoms with Crippen LogP contribution in [0.3, 0.4) is 0 Å². The molecule has 6 heteroatoms. The number of hydrogen-bond donors (Lipinski definition) is 2. The fraction of sp³-hybridized carbons (Fsp3) is 0.167. The lowest BCUT2D eigenvalue weighted by Gasteiger charge is -2.07. The molecule has 0 spiro atoms. The molecule has 4 rings (SSSR count). The molecule has 1 aliphatic rings. The van der Waals surface area contributed by atoms with Crippen molar-refractivity contribution in [1.29, 1.82) is 0 Å². The van der Waals surface area contributed by atoms with Crippen molar-refractivity contribution in [3.05, 3.63) is 59.3 Å². The van der Waals surface area contributed by atoms with Crippen molar-refractivity contribution in [1.82, 2.24) is 10.1 Å². The largest absolute Gasteiger partial charge is 0.367 e. The minimum Gasteiger partial charge on any atom is -0.367 e. The summed E-state index contributed by atoms with van der Waals surface area (Å²) in [4.78, 5) is 16.9. The van der Waals surface area contributed by atoms with Gasteiger partial charge in [0.15, 0.2) is 0 Å². The molecule has 3 aromatic rings. The Hall–Kier alpha value is -3.15. The molecule has 0 unspecified atom stereocenters. The van der Waals surface area contributed by atoms with E-state index < -0.39 is 0 Å². The standard InChI is InChI=1S/C18H16N4O2/c19-17-15(16(22-24-17)14-6-1-2-9-20-14)18(23)21-13-8-7-11-4-3-5-12(11)10-13/h1-2,6-10H,3-5,19H2,(H,21,23). The lowest BCUT2D eigenvalue weighted by Crippen LogP contribution is -2.14. The molecule has 0 saturated carbocycles. The maximum atomic E-state index is 12.7. The molecule has 3 N–H and O–H groups in total. The average molecular weight is 320 g/mol. The second-order valence-corrected chi connectivity index (χ2v) is 5.78. The normalized spacial score (nSPS) is 12.8. The van der Waals surface area contributed by atoms with E-state index in [4.69, 9.17) is 10.3 Å². The van der Waals surface area contributed by atoms with E-state index in [0.717, 1.165) is 24.9 Å². The van der Waals surface area contributed by atoms with E-state index in [0.29, 0.717) is 11.4 Å². The number of aromatic nitrogens is 2. The topological polar surface area (TPSA) is 94.0 Å². The molecule has 120 valence electrons. The van der Waals surface area contributed by atoms with Crippen LogP contribution in [-0.2, 0) is 12.8 Å². The Morgan fingerprint density at radius 1 is 1.17 bits per heavy atom. The van der Waals surface area contributed by atoms with Crippen molar-refractivity contribution in [2.24, 2.45) is 0 Å². The smallest absolute Gasteiger partial charge is 0.263 e. The second-order valence-electron chi connectivity index (χ2n) is 5.78. The highest BCUT2D eigenvalue weighted by Gasteiger charge is 2.23. The average Bonchev–Trinajstić information content (AvgIpc) is 3.21. The number of carbonyl (C=O) groups is 1. The van der Waals surface area contributed by atoms with Crippen LogP contribution in [0.4, 0.5) is 11.6 Å². The summed E-state index contributed by atoms with van der Waals surface area (Å²) in [6.07, 6.45) is 4.94. The zero-order valence-corrected chi connectivity index (χ0v) is 13.0. The van der Waals surface area contributed by atoms with Gasteiger partial charge in [0.25, 0.3) is 5.91 Å². The zero-order valence-electron chi connectivity index (χ0n) is 13.0. The van der Waals surface area contributed by atoms with E-state index in [9.17, 15) is 4.79 Å². The van der Waals surface area contributed by atoms with E-state index in [1.54, 1.807) is 18.3 Å². The van der Waals surface area contributed by atoms with Crippen molar-refractivity contribution in [2.75, 3.05) is 11.1 Å². The number of fused-ring (bicyclic) bond motifs is 1. The first-order chi connectivity index (χ1) is 11.7. The molecule has 0 atom stereocenters. The van der Waals surface area contributed by atoms with Crippen molar-refractivity contribution < 1.29 is 9.32 Å². The first-order valence-electron chi connectivity index (χ1n) is 7.82. The van der Waals surface area contributed by atoms with Gasteiger partial charge >= 0.3 is 0 Å². The molecule has 1 aromatic carbocycles. The lowest BCUT2D eigenvalue weighted by molar-refractivity contribution is 0.102. The van der Waals surface area contributed by atoms with Crippen LogP contribution in [0.15, 0.2) is 47.1 Å². The minimum atomic E-state index is -0.354. The fourth-order valence-electron chi connectivity index (χ4n) is 3.04. The molecule has 6 nitrogen and oxygen atoms in total. The van der Waals surface area contributed by atoms with E-state index >= 15 is 0 Å². The van der Waals surface area contributed by atoms with Gasteiger partial charge in [0.1, 0.15) is 11.3 Å². The highest BCUT2D eigenvalue weighted by molar-refractivity contribution is 6.10. The molecule has 2 heterocycles. The van der Waals surface area contributed by atoms with Gasteiger partial charge in [0.2, 0.25) is 5.88 Å². The minimum absolute atomic E-state index is 0.0192. The van der Waals surface area contributed by atoms with Crippen LogP contribution in [0.5, 0.6) is 0 Å². The van der Waals surface area contributed by atoms with Gasteiger partial charge in [-0.1, -0.05) is 17.3 Å². The number of carbonyl (C=O) groups excluding carboxylic acids is 1. The third-order valence-corrected chi connectivity index (χ3v) is 4.21. The van der Waals surface area contributed by atoms with Gasteiger partial charge in [0.05, 0.1) is 5.69 Å². The van der Waals surface area contributed by atoms with Gasteiger partial charge in [-0.2, -0.15) is 0 Å². The van der Waals surface area contributed by atoms with Gasteiger partial charge < -0.3 is 15.6 Å². The van der Waals surface area contributed by atoms with Crippen LogP contribution in [0, 0.1) is 0 Å². The van der Waals surface area contributed by atoms with Crippen LogP contribution in [0.2, 0.25) is 0 Å². The first kappa shape index (κ1) is 14.4. The number of pyridine rings is 1. The number of nitrogen functional groups attached to an aromatic ring is 1. The molecule has 0 fully saturated rings. The van der Waals surface area contributed by atoms with Gasteiger partial charge in [-0.25, -0.2) is 0 Å². The summed E-state index contributed by atoms with van der Waals surface area (Å²) >= 11 is 0. The molecular weight excluding hydrogens is 304 g/mol. The van der Waals surface area contributed by atoms with Crippen LogP contribution < -0.4 is 11.1 Å². The molecule has 1 amide bonds. The first-order valence-corrected chi connectivity index (χ1v) is 7.82. The SMILES string of the molecule is Nc1onc(-c2ccccn2)c1C(=O)Nc1ccc2c(c1)CCC2. The van der Waals surface area contributed by atoms with Gasteiger partial charge in [-0.3, -0.25) is 9.78 Å². The number of nitrogens with zero attached hydrogens (tertiary/aromatic N) is 2. The molecule has 1 aliphatic carbocycles. The highest BCUT2D eigenvalue weighted by atomic mass is 16.5. The zero-order chi connectivity index (χ0) is 16.5. The number of amides is 1. The van der Waals surface area contributed by atoms with E-state index in [-0.39, 0.29) is 17.4 Å². The fourth-order valence-corrected chi connectivity index (χ4v) is 3.04. The third kappa shape index (κ3) is 2.52.